The second-order valence-corrected chi connectivity index (χ2v) is 4.70. The molecule has 0 aromatic heterocycles. The Morgan fingerprint density at radius 1 is 1.25 bits per heavy atom. The molecule has 2 nitrogen and oxygen atoms in total. The Morgan fingerprint density at radius 3 is 2.81 bits per heavy atom. The second kappa shape index (κ2) is 6.02. The molecule has 1 fully saturated rings. The van der Waals surface area contributed by atoms with Crippen LogP contribution < -0.4 is 5.32 Å². The fraction of sp³-hybridized carbons (Fsp3) is 0.571. The van der Waals surface area contributed by atoms with Gasteiger partial charge in [0.1, 0.15) is 0 Å². The molecular formula is C14H21NO. The van der Waals surface area contributed by atoms with Crippen molar-refractivity contribution in [3.8, 4) is 0 Å². The molecule has 1 saturated heterocycles. The molecular weight excluding hydrogens is 198 g/mol. The molecule has 0 spiro atoms. The molecule has 1 aliphatic heterocycles. The number of benzene rings is 1. The first kappa shape index (κ1) is 11.6. The maximum absolute atomic E-state index is 9.80. The summed E-state index contributed by atoms with van der Waals surface area (Å²) in [5, 5.41) is 13.0. The summed E-state index contributed by atoms with van der Waals surface area (Å²) in [4.78, 5) is 0. The van der Waals surface area contributed by atoms with E-state index < -0.39 is 0 Å². The summed E-state index contributed by atoms with van der Waals surface area (Å²) in [5.74, 6) is 0.505. The molecule has 2 N–H and O–H groups in total. The van der Waals surface area contributed by atoms with E-state index in [2.05, 4.69) is 35.6 Å². The van der Waals surface area contributed by atoms with Gasteiger partial charge < -0.3 is 10.4 Å². The number of hydrogen-bond donors (Lipinski definition) is 2. The summed E-state index contributed by atoms with van der Waals surface area (Å²) in [6.45, 7) is 1.84. The zero-order valence-electron chi connectivity index (χ0n) is 9.73. The largest absolute Gasteiger partial charge is 0.392 e. The standard InChI is InChI=1S/C14H21NO/c16-14-11-15-10-9-13(14)8-4-7-12-5-2-1-3-6-12/h1-3,5-6,13-16H,4,7-11H2/t13-,14-/m1/s1. The summed E-state index contributed by atoms with van der Waals surface area (Å²) in [6.07, 6.45) is 4.46. The Morgan fingerprint density at radius 2 is 2.06 bits per heavy atom. The van der Waals surface area contributed by atoms with Gasteiger partial charge >= 0.3 is 0 Å². The summed E-state index contributed by atoms with van der Waals surface area (Å²) >= 11 is 0. The van der Waals surface area contributed by atoms with Gasteiger partial charge in [-0.25, -0.2) is 0 Å². The summed E-state index contributed by atoms with van der Waals surface area (Å²) in [6, 6.07) is 10.6. The molecule has 2 heteroatoms. The normalized spacial score (nSPS) is 25.6. The summed E-state index contributed by atoms with van der Waals surface area (Å²) < 4.78 is 0. The van der Waals surface area contributed by atoms with Crippen molar-refractivity contribution >= 4 is 0 Å². The molecule has 0 unspecified atom stereocenters. The first-order chi connectivity index (χ1) is 7.86. The zero-order valence-corrected chi connectivity index (χ0v) is 9.73. The Hall–Kier alpha value is -0.860. The molecule has 0 amide bonds. The lowest BCUT2D eigenvalue weighted by atomic mass is 9.89. The predicted molar refractivity (Wildman–Crippen MR) is 66.4 cm³/mol. The smallest absolute Gasteiger partial charge is 0.0693 e. The van der Waals surface area contributed by atoms with Crippen molar-refractivity contribution in [2.24, 2.45) is 5.92 Å². The summed E-state index contributed by atoms with van der Waals surface area (Å²) in [5.41, 5.74) is 1.41. The van der Waals surface area contributed by atoms with Gasteiger partial charge in [-0.05, 0) is 43.7 Å². The molecule has 1 aromatic carbocycles. The third-order valence-electron chi connectivity index (χ3n) is 3.47. The van der Waals surface area contributed by atoms with Gasteiger partial charge in [0.2, 0.25) is 0 Å². The number of aryl methyl sites for hydroxylation is 1. The molecule has 1 aromatic rings. The third-order valence-corrected chi connectivity index (χ3v) is 3.47. The number of rotatable bonds is 4. The Bertz CT molecular complexity index is 299. The number of aliphatic hydroxyl groups excluding tert-OH is 1. The van der Waals surface area contributed by atoms with E-state index in [-0.39, 0.29) is 6.10 Å². The van der Waals surface area contributed by atoms with E-state index in [0.29, 0.717) is 5.92 Å². The van der Waals surface area contributed by atoms with E-state index >= 15 is 0 Å². The minimum atomic E-state index is -0.135. The van der Waals surface area contributed by atoms with Gasteiger partial charge in [-0.15, -0.1) is 0 Å². The highest BCUT2D eigenvalue weighted by atomic mass is 16.3. The number of hydrogen-bond acceptors (Lipinski definition) is 2. The monoisotopic (exact) mass is 219 g/mol. The van der Waals surface area contributed by atoms with Crippen LogP contribution >= 0.6 is 0 Å². The van der Waals surface area contributed by atoms with Gasteiger partial charge in [-0.3, -0.25) is 0 Å². The van der Waals surface area contributed by atoms with Crippen LogP contribution in [0, 0.1) is 5.92 Å². The highest BCUT2D eigenvalue weighted by Gasteiger charge is 2.21. The highest BCUT2D eigenvalue weighted by molar-refractivity contribution is 5.14. The molecule has 16 heavy (non-hydrogen) atoms. The van der Waals surface area contributed by atoms with Gasteiger partial charge in [-0.2, -0.15) is 0 Å². The van der Waals surface area contributed by atoms with Crippen molar-refractivity contribution in [1.82, 2.24) is 5.32 Å². The van der Waals surface area contributed by atoms with Crippen molar-refractivity contribution < 1.29 is 5.11 Å². The van der Waals surface area contributed by atoms with Gasteiger partial charge in [0, 0.05) is 6.54 Å². The van der Waals surface area contributed by atoms with Crippen molar-refractivity contribution in [1.29, 1.82) is 0 Å². The van der Waals surface area contributed by atoms with Gasteiger partial charge in [0.15, 0.2) is 0 Å². The van der Waals surface area contributed by atoms with E-state index in [0.717, 1.165) is 32.4 Å². The Balaban J connectivity index is 1.71. The average molecular weight is 219 g/mol. The lowest BCUT2D eigenvalue weighted by Gasteiger charge is -2.28. The second-order valence-electron chi connectivity index (χ2n) is 4.70. The molecule has 1 heterocycles. The first-order valence-electron chi connectivity index (χ1n) is 6.29. The highest BCUT2D eigenvalue weighted by Crippen LogP contribution is 2.19. The predicted octanol–water partition coefficient (Wildman–Crippen LogP) is 1.98. The van der Waals surface area contributed by atoms with Crippen LogP contribution in [0.15, 0.2) is 30.3 Å². The van der Waals surface area contributed by atoms with Crippen molar-refractivity contribution in [3.05, 3.63) is 35.9 Å². The lowest BCUT2D eigenvalue weighted by molar-refractivity contribution is 0.0761. The van der Waals surface area contributed by atoms with E-state index in [9.17, 15) is 5.11 Å². The van der Waals surface area contributed by atoms with Crippen molar-refractivity contribution in [2.45, 2.75) is 31.8 Å². The van der Waals surface area contributed by atoms with Crippen molar-refractivity contribution in [3.63, 3.8) is 0 Å². The number of aliphatic hydroxyl groups is 1. The number of nitrogens with one attached hydrogen (secondary N) is 1. The molecule has 0 aliphatic carbocycles. The maximum atomic E-state index is 9.80. The van der Waals surface area contributed by atoms with Gasteiger partial charge in [0.25, 0.3) is 0 Å². The van der Waals surface area contributed by atoms with Gasteiger partial charge in [0.05, 0.1) is 6.10 Å². The molecule has 0 bridgehead atoms. The third kappa shape index (κ3) is 3.32. The van der Waals surface area contributed by atoms with Crippen LogP contribution in [0.2, 0.25) is 0 Å². The number of β-amino-alcohol motifs (C(OH)–C–C–N with tert-alkyl or cyclic N) is 1. The number of piperidine rings is 1. The first-order valence-corrected chi connectivity index (χ1v) is 6.29. The average Bonchev–Trinajstić information content (AvgIpc) is 2.33. The van der Waals surface area contributed by atoms with Crippen molar-refractivity contribution in [2.75, 3.05) is 13.1 Å². The van der Waals surface area contributed by atoms with Crippen LogP contribution in [0.4, 0.5) is 0 Å². The molecule has 1 aliphatic rings. The van der Waals surface area contributed by atoms with Crippen LogP contribution in [-0.2, 0) is 6.42 Å². The zero-order chi connectivity index (χ0) is 11.2. The Kier molecular flexibility index (Phi) is 4.37. The van der Waals surface area contributed by atoms with Gasteiger partial charge in [-0.1, -0.05) is 30.3 Å². The molecule has 0 radical (unpaired) electrons. The fourth-order valence-corrected chi connectivity index (χ4v) is 2.45. The minimum absolute atomic E-state index is 0.135. The van der Waals surface area contributed by atoms with E-state index in [4.69, 9.17) is 0 Å². The fourth-order valence-electron chi connectivity index (χ4n) is 2.45. The van der Waals surface area contributed by atoms with Crippen LogP contribution in [0.25, 0.3) is 0 Å². The quantitative estimate of drug-likeness (QED) is 0.811. The molecule has 88 valence electrons. The SMILES string of the molecule is O[C@@H]1CNCC[C@H]1CCCc1ccccc1. The molecule has 0 saturated carbocycles. The maximum Gasteiger partial charge on any atom is 0.0693 e. The molecule has 2 atom stereocenters. The minimum Gasteiger partial charge on any atom is -0.392 e. The Labute approximate surface area is 97.7 Å². The van der Waals surface area contributed by atoms with E-state index in [1.807, 2.05) is 0 Å². The van der Waals surface area contributed by atoms with Crippen LogP contribution in [-0.4, -0.2) is 24.3 Å². The lowest BCUT2D eigenvalue weighted by Crippen LogP contribution is -2.40. The van der Waals surface area contributed by atoms with E-state index in [1.165, 1.54) is 12.0 Å². The van der Waals surface area contributed by atoms with Crippen LogP contribution in [0.5, 0.6) is 0 Å². The summed E-state index contributed by atoms with van der Waals surface area (Å²) in [7, 11) is 0. The van der Waals surface area contributed by atoms with E-state index in [1.54, 1.807) is 0 Å². The molecule has 2 rings (SSSR count). The topological polar surface area (TPSA) is 32.3 Å². The van der Waals surface area contributed by atoms with Crippen LogP contribution in [0.3, 0.4) is 0 Å². The van der Waals surface area contributed by atoms with Crippen LogP contribution in [0.1, 0.15) is 24.8 Å².